The molecule has 3 aromatic rings. The van der Waals surface area contributed by atoms with E-state index in [2.05, 4.69) is 56.1 Å². The van der Waals surface area contributed by atoms with Gasteiger partial charge in [0.2, 0.25) is 17.7 Å². The molecule has 1 N–H and O–H groups in total. The van der Waals surface area contributed by atoms with Gasteiger partial charge in [-0.05, 0) is 117 Å². The molecule has 10 heteroatoms. The Labute approximate surface area is 302 Å². The first-order valence-corrected chi connectivity index (χ1v) is 18.5. The van der Waals surface area contributed by atoms with Gasteiger partial charge < -0.3 is 24.4 Å². The normalized spacial score (nSPS) is 23.4. The first kappa shape index (κ1) is 36.3. The third kappa shape index (κ3) is 7.18. The third-order valence-corrected chi connectivity index (χ3v) is 11.4. The number of fused-ring (bicyclic) bond motifs is 2. The van der Waals surface area contributed by atoms with Crippen molar-refractivity contribution < 1.29 is 14.0 Å². The minimum atomic E-state index is -0.871. The summed E-state index contributed by atoms with van der Waals surface area (Å²) in [5, 5.41) is 22.8. The Balaban J connectivity index is 1.48. The first-order valence-electron chi connectivity index (χ1n) is 18.5. The number of aryl methyl sites for hydroxylation is 2. The van der Waals surface area contributed by atoms with Crippen molar-refractivity contribution in [2.24, 2.45) is 5.92 Å². The molecule has 51 heavy (non-hydrogen) atoms. The third-order valence-electron chi connectivity index (χ3n) is 11.4. The maximum absolute atomic E-state index is 13.4. The minimum Gasteiger partial charge on any atom is -0.424 e. The summed E-state index contributed by atoms with van der Waals surface area (Å²) < 4.78 is 6.88. The topological polar surface area (TPSA) is 119 Å². The fourth-order valence-electron chi connectivity index (χ4n) is 8.39. The Morgan fingerprint density at radius 1 is 1.00 bits per heavy atom. The summed E-state index contributed by atoms with van der Waals surface area (Å²) in [4.78, 5) is 31.9. The van der Waals surface area contributed by atoms with Crippen LogP contribution in [0.15, 0.2) is 47.4 Å². The van der Waals surface area contributed by atoms with E-state index in [1.807, 2.05) is 31.1 Å². The molecule has 2 amide bonds. The summed E-state index contributed by atoms with van der Waals surface area (Å²) in [6.07, 6.45) is 7.89. The molecule has 2 aromatic carbocycles. The Bertz CT molecular complexity index is 1740. The van der Waals surface area contributed by atoms with Gasteiger partial charge >= 0.3 is 0 Å². The maximum Gasteiger partial charge on any atom is 0.253 e. The van der Waals surface area contributed by atoms with Crippen LogP contribution in [-0.2, 0) is 23.1 Å². The number of nitrogens with one attached hydrogen (secondary N) is 1. The number of hydrogen-bond donors (Lipinski definition) is 1. The van der Waals surface area contributed by atoms with Gasteiger partial charge in [0.1, 0.15) is 11.5 Å². The molecule has 270 valence electrons. The van der Waals surface area contributed by atoms with Gasteiger partial charge in [-0.15, -0.1) is 10.2 Å². The number of amides is 2. The number of likely N-dealkylation sites (tertiary alicyclic amines) is 1. The average Bonchev–Trinajstić information content (AvgIpc) is 3.80. The molecule has 2 aliphatic carbocycles. The Kier molecular flexibility index (Phi) is 10.7. The van der Waals surface area contributed by atoms with Crippen molar-refractivity contribution in [3.05, 3.63) is 88.1 Å². The van der Waals surface area contributed by atoms with Crippen LogP contribution in [0.3, 0.4) is 0 Å². The molecule has 2 heterocycles. The van der Waals surface area contributed by atoms with Crippen molar-refractivity contribution >= 4 is 17.5 Å². The highest BCUT2D eigenvalue weighted by Crippen LogP contribution is 2.49. The zero-order valence-electron chi connectivity index (χ0n) is 31.2. The molecule has 1 saturated carbocycles. The van der Waals surface area contributed by atoms with Gasteiger partial charge in [0, 0.05) is 58.0 Å². The summed E-state index contributed by atoms with van der Waals surface area (Å²) in [5.41, 5.74) is 6.07. The lowest BCUT2D eigenvalue weighted by atomic mass is 9.68. The molecule has 3 atom stereocenters. The monoisotopic (exact) mass is 691 g/mol. The quantitative estimate of drug-likeness (QED) is 0.279. The minimum absolute atomic E-state index is 0.0486. The highest BCUT2D eigenvalue weighted by atomic mass is 16.4. The zero-order chi connectivity index (χ0) is 36.4. The molecular formula is C41H53N7O3. The van der Waals surface area contributed by atoms with E-state index in [1.165, 1.54) is 0 Å². The molecule has 0 spiro atoms. The first-order chi connectivity index (χ1) is 24.4. The lowest BCUT2D eigenvalue weighted by Gasteiger charge is -2.36. The van der Waals surface area contributed by atoms with Gasteiger partial charge in [0.15, 0.2) is 0 Å². The molecule has 0 bridgehead atoms. The van der Waals surface area contributed by atoms with E-state index in [9.17, 15) is 14.9 Å². The van der Waals surface area contributed by atoms with E-state index in [0.29, 0.717) is 42.6 Å². The van der Waals surface area contributed by atoms with E-state index in [0.717, 1.165) is 78.5 Å². The standard InChI is InChI=1S/C41H53N7O3/c1-26-10-12-29(13-11-26)38-44-45-40(51-38)41(23-27(2)43-25-37(49)48-20-8-9-34(48)24-42)35-18-16-30(28(3)46(4)5)21-31(35)14-15-32-22-33(17-19-36(32)41)39(50)47(6)7/h16-19,21-22,26-27,29,34,43H,3,8-15,20,23,25H2,1-2,4-7H3/t26?,27-,29?,34?,41?/m0/s1. The molecule has 0 radical (unpaired) electrons. The number of benzene rings is 2. The molecule has 10 nitrogen and oxygen atoms in total. The van der Waals surface area contributed by atoms with E-state index < -0.39 is 5.41 Å². The number of nitrogens with zero attached hydrogens (tertiary/aromatic N) is 6. The highest BCUT2D eigenvalue weighted by Gasteiger charge is 2.47. The molecule has 3 aliphatic rings. The fourth-order valence-corrected chi connectivity index (χ4v) is 8.39. The number of carbonyl (C=O) groups excluding carboxylic acids is 2. The lowest BCUT2D eigenvalue weighted by molar-refractivity contribution is -0.130. The van der Waals surface area contributed by atoms with Gasteiger partial charge in [0.25, 0.3) is 5.91 Å². The van der Waals surface area contributed by atoms with Crippen LogP contribution in [0.4, 0.5) is 0 Å². The largest absolute Gasteiger partial charge is 0.424 e. The van der Waals surface area contributed by atoms with Crippen molar-refractivity contribution in [2.75, 3.05) is 41.3 Å². The summed E-state index contributed by atoms with van der Waals surface area (Å²) in [7, 11) is 7.54. The second-order valence-electron chi connectivity index (χ2n) is 15.5. The van der Waals surface area contributed by atoms with Crippen LogP contribution in [0, 0.1) is 17.2 Å². The van der Waals surface area contributed by atoms with Gasteiger partial charge in [-0.25, -0.2) is 0 Å². The van der Waals surface area contributed by atoms with Crippen LogP contribution in [0.2, 0.25) is 0 Å². The average molecular weight is 692 g/mol. The SMILES string of the molecule is C=C(c1ccc2c(c1)CCc1cc(C(=O)N(C)C)ccc1C2(C[C@H](C)NCC(=O)N1CCCC1C#N)c1nnc(C2CCC(C)CC2)o1)N(C)C. The van der Waals surface area contributed by atoms with E-state index in [4.69, 9.17) is 14.6 Å². The smallest absolute Gasteiger partial charge is 0.253 e. The summed E-state index contributed by atoms with van der Waals surface area (Å²) in [6, 6.07) is 14.3. The Morgan fingerprint density at radius 2 is 1.65 bits per heavy atom. The summed E-state index contributed by atoms with van der Waals surface area (Å²) >= 11 is 0. The van der Waals surface area contributed by atoms with Crippen molar-refractivity contribution in [1.82, 2.24) is 30.2 Å². The number of nitriles is 1. The lowest BCUT2D eigenvalue weighted by Crippen LogP contribution is -2.45. The summed E-state index contributed by atoms with van der Waals surface area (Å²) in [5.74, 6) is 2.03. The number of hydrogen-bond acceptors (Lipinski definition) is 8. The van der Waals surface area contributed by atoms with E-state index in [-0.39, 0.29) is 36.4 Å². The number of aromatic nitrogens is 2. The molecule has 1 saturated heterocycles. The Morgan fingerprint density at radius 3 is 2.27 bits per heavy atom. The van der Waals surface area contributed by atoms with Crippen molar-refractivity contribution in [3.8, 4) is 6.07 Å². The van der Waals surface area contributed by atoms with Gasteiger partial charge in [-0.1, -0.05) is 31.7 Å². The molecule has 2 unspecified atom stereocenters. The van der Waals surface area contributed by atoms with Gasteiger partial charge in [0.05, 0.1) is 12.6 Å². The van der Waals surface area contributed by atoms with Crippen LogP contribution in [0.5, 0.6) is 0 Å². The molecule has 1 aliphatic heterocycles. The van der Waals surface area contributed by atoms with Crippen LogP contribution in [-0.4, -0.2) is 90.1 Å². The second-order valence-corrected chi connectivity index (χ2v) is 15.5. The molecular weight excluding hydrogens is 638 g/mol. The second kappa shape index (κ2) is 15.0. The van der Waals surface area contributed by atoms with Crippen LogP contribution < -0.4 is 5.32 Å². The molecule has 1 aromatic heterocycles. The fraction of sp³-hybridized carbons (Fsp3) is 0.537. The van der Waals surface area contributed by atoms with Crippen molar-refractivity contribution in [2.45, 2.75) is 95.1 Å². The zero-order valence-corrected chi connectivity index (χ0v) is 31.2. The summed E-state index contributed by atoms with van der Waals surface area (Å²) in [6.45, 7) is 9.49. The molecule has 6 rings (SSSR count). The predicted molar refractivity (Wildman–Crippen MR) is 198 cm³/mol. The van der Waals surface area contributed by atoms with Crippen molar-refractivity contribution in [1.29, 1.82) is 5.26 Å². The van der Waals surface area contributed by atoms with Crippen LogP contribution >= 0.6 is 0 Å². The number of rotatable bonds is 10. The van der Waals surface area contributed by atoms with Gasteiger partial charge in [-0.3, -0.25) is 9.59 Å². The van der Waals surface area contributed by atoms with Crippen LogP contribution in [0.1, 0.15) is 115 Å². The maximum atomic E-state index is 13.4. The predicted octanol–water partition coefficient (Wildman–Crippen LogP) is 5.91. The van der Waals surface area contributed by atoms with Gasteiger partial charge in [-0.2, -0.15) is 5.26 Å². The highest BCUT2D eigenvalue weighted by molar-refractivity contribution is 5.94. The van der Waals surface area contributed by atoms with Crippen molar-refractivity contribution in [3.63, 3.8) is 0 Å². The molecule has 2 fully saturated rings. The Hall–Kier alpha value is -4.49. The van der Waals surface area contributed by atoms with E-state index >= 15 is 0 Å². The number of carbonyl (C=O) groups is 2. The van der Waals surface area contributed by atoms with E-state index in [1.54, 1.807) is 23.9 Å². The van der Waals surface area contributed by atoms with Crippen LogP contribution in [0.25, 0.3) is 5.70 Å².